The molecule has 34 heavy (non-hydrogen) atoms. The molecule has 2 amide bonds. The van der Waals surface area contributed by atoms with Crippen LogP contribution >= 0.6 is 11.6 Å². The average molecular weight is 488 g/mol. The Labute approximate surface area is 196 Å². The van der Waals surface area contributed by atoms with Gasteiger partial charge in [-0.3, -0.25) is 9.59 Å². The number of aromatic nitrogens is 3. The first-order valence-electron chi connectivity index (χ1n) is 9.94. The Balaban J connectivity index is 1.56. The monoisotopic (exact) mass is 487 g/mol. The Bertz CT molecular complexity index is 1430. The first kappa shape index (κ1) is 23.2. The number of rotatable bonds is 4. The van der Waals surface area contributed by atoms with Gasteiger partial charge in [0.2, 0.25) is 0 Å². The third-order valence-corrected chi connectivity index (χ3v) is 5.31. The number of aryl methyl sites for hydroxylation is 2. The minimum atomic E-state index is -4.57. The van der Waals surface area contributed by atoms with Crippen LogP contribution in [-0.4, -0.2) is 26.4 Å². The summed E-state index contributed by atoms with van der Waals surface area (Å²) in [5.41, 5.74) is 0.957. The lowest BCUT2D eigenvalue weighted by atomic mass is 10.0. The highest BCUT2D eigenvalue weighted by molar-refractivity contribution is 6.29. The van der Waals surface area contributed by atoms with Gasteiger partial charge in [-0.1, -0.05) is 23.7 Å². The van der Waals surface area contributed by atoms with Gasteiger partial charge in [0.15, 0.2) is 11.3 Å². The van der Waals surface area contributed by atoms with E-state index >= 15 is 0 Å². The number of nitrogens with zero attached hydrogens (tertiary/aromatic N) is 3. The largest absolute Gasteiger partial charge is 0.416 e. The summed E-state index contributed by atoms with van der Waals surface area (Å²) >= 11 is 5.91. The molecule has 0 radical (unpaired) electrons. The molecule has 4 rings (SSSR count). The smallest absolute Gasteiger partial charge is 0.322 e. The van der Waals surface area contributed by atoms with Crippen molar-refractivity contribution < 1.29 is 22.8 Å². The van der Waals surface area contributed by atoms with Crippen LogP contribution in [0.5, 0.6) is 0 Å². The number of nitrogens with one attached hydrogen (secondary N) is 2. The Morgan fingerprint density at radius 3 is 2.41 bits per heavy atom. The van der Waals surface area contributed by atoms with Gasteiger partial charge in [0.25, 0.3) is 11.8 Å². The number of hydrogen-bond donors (Lipinski definition) is 2. The molecule has 0 spiro atoms. The molecule has 0 unspecified atom stereocenters. The van der Waals surface area contributed by atoms with Crippen molar-refractivity contribution in [2.45, 2.75) is 20.0 Å². The molecule has 2 aromatic carbocycles. The van der Waals surface area contributed by atoms with E-state index in [-0.39, 0.29) is 22.0 Å². The number of imidazole rings is 1. The normalized spacial score (nSPS) is 11.5. The number of fused-ring (bicyclic) bond motifs is 1. The van der Waals surface area contributed by atoms with Crippen LogP contribution in [0.15, 0.2) is 54.7 Å². The predicted molar refractivity (Wildman–Crippen MR) is 121 cm³/mol. The molecular weight excluding hydrogens is 471 g/mol. The second kappa shape index (κ2) is 8.79. The molecule has 0 fully saturated rings. The van der Waals surface area contributed by atoms with Crippen LogP contribution in [0.2, 0.25) is 5.15 Å². The van der Waals surface area contributed by atoms with E-state index in [0.29, 0.717) is 22.6 Å². The van der Waals surface area contributed by atoms with Crippen LogP contribution in [0.1, 0.15) is 37.5 Å². The summed E-state index contributed by atoms with van der Waals surface area (Å²) in [4.78, 5) is 29.5. The summed E-state index contributed by atoms with van der Waals surface area (Å²) in [6.07, 6.45) is -3.22. The van der Waals surface area contributed by atoms with Gasteiger partial charge in [0.05, 0.1) is 11.8 Å². The van der Waals surface area contributed by atoms with Crippen molar-refractivity contribution in [1.29, 1.82) is 0 Å². The quantitative estimate of drug-likeness (QED) is 0.396. The number of alkyl halides is 3. The van der Waals surface area contributed by atoms with E-state index in [9.17, 15) is 22.8 Å². The van der Waals surface area contributed by atoms with Crippen LogP contribution < -0.4 is 10.6 Å². The number of halogens is 4. The fourth-order valence-electron chi connectivity index (χ4n) is 3.30. The summed E-state index contributed by atoms with van der Waals surface area (Å²) in [5.74, 6) is -1.23. The molecule has 2 aromatic heterocycles. The molecule has 0 saturated heterocycles. The molecule has 0 atom stereocenters. The minimum Gasteiger partial charge on any atom is -0.322 e. The van der Waals surface area contributed by atoms with Gasteiger partial charge < -0.3 is 10.6 Å². The van der Waals surface area contributed by atoms with Crippen LogP contribution in [0.4, 0.5) is 24.5 Å². The highest BCUT2D eigenvalue weighted by Gasteiger charge is 2.33. The van der Waals surface area contributed by atoms with Gasteiger partial charge in [-0.15, -0.1) is 0 Å². The van der Waals surface area contributed by atoms with Crippen molar-refractivity contribution in [1.82, 2.24) is 14.6 Å². The number of hydrogen-bond acceptors (Lipinski definition) is 4. The number of carbonyl (C=O) groups is 2. The molecule has 0 aliphatic carbocycles. The predicted octanol–water partition coefficient (Wildman–Crippen LogP) is 5.52. The average Bonchev–Trinajstić information content (AvgIpc) is 3.18. The summed E-state index contributed by atoms with van der Waals surface area (Å²) < 4.78 is 40.9. The zero-order chi connectivity index (χ0) is 24.6. The molecule has 11 heteroatoms. The van der Waals surface area contributed by atoms with Crippen molar-refractivity contribution in [3.8, 4) is 0 Å². The molecule has 0 aliphatic rings. The molecule has 174 valence electrons. The first-order valence-corrected chi connectivity index (χ1v) is 10.3. The lowest BCUT2D eigenvalue weighted by molar-refractivity contribution is -0.138. The zero-order valence-corrected chi connectivity index (χ0v) is 18.6. The maximum atomic E-state index is 13.2. The number of anilines is 2. The molecule has 0 bridgehead atoms. The van der Waals surface area contributed by atoms with Crippen LogP contribution in [-0.2, 0) is 6.18 Å². The maximum Gasteiger partial charge on any atom is 0.416 e. The molecule has 4 aromatic rings. The lowest BCUT2D eigenvalue weighted by Crippen LogP contribution is -2.17. The number of carbonyl (C=O) groups excluding carboxylic acids is 2. The summed E-state index contributed by atoms with van der Waals surface area (Å²) in [7, 11) is 0. The van der Waals surface area contributed by atoms with E-state index in [1.807, 2.05) is 0 Å². The summed E-state index contributed by atoms with van der Waals surface area (Å²) in [6.45, 7) is 3.08. The second-order valence-electron chi connectivity index (χ2n) is 7.53. The number of benzene rings is 2. The summed E-state index contributed by atoms with van der Waals surface area (Å²) in [6, 6.07) is 11.3. The molecule has 2 heterocycles. The molecule has 0 saturated carbocycles. The topological polar surface area (TPSA) is 88.4 Å². The van der Waals surface area contributed by atoms with Crippen molar-refractivity contribution >= 4 is 40.4 Å². The van der Waals surface area contributed by atoms with Gasteiger partial charge in [-0.25, -0.2) is 9.50 Å². The molecule has 2 N–H and O–H groups in total. The second-order valence-corrected chi connectivity index (χ2v) is 7.92. The van der Waals surface area contributed by atoms with Gasteiger partial charge in [0.1, 0.15) is 5.15 Å². The van der Waals surface area contributed by atoms with Gasteiger partial charge in [0, 0.05) is 16.9 Å². The van der Waals surface area contributed by atoms with Crippen LogP contribution in [0.3, 0.4) is 0 Å². The Kier molecular flexibility index (Phi) is 6.01. The van der Waals surface area contributed by atoms with Crippen LogP contribution in [0.25, 0.3) is 5.65 Å². The standard InChI is InChI=1S/C23H17ClF3N5O2/c1-12-3-5-14(9-16(12)23(25,26)27)21(33)29-15-6-4-13(2)17(10-15)30-22(34)18-11-28-20-8-7-19(24)31-32(18)20/h3-11H,1-2H3,(H,29,33)(H,30,34). The fourth-order valence-corrected chi connectivity index (χ4v) is 3.44. The van der Waals surface area contributed by atoms with E-state index < -0.39 is 23.6 Å². The maximum absolute atomic E-state index is 13.2. The Hall–Kier alpha value is -3.92. The van der Waals surface area contributed by atoms with Crippen LogP contribution in [0, 0.1) is 13.8 Å². The molecule has 0 aliphatic heterocycles. The third kappa shape index (κ3) is 4.72. The molecule has 7 nitrogen and oxygen atoms in total. The molecular formula is C23H17ClF3N5O2. The van der Waals surface area contributed by atoms with E-state index in [2.05, 4.69) is 20.7 Å². The highest BCUT2D eigenvalue weighted by Crippen LogP contribution is 2.32. The Morgan fingerprint density at radius 1 is 0.941 bits per heavy atom. The van der Waals surface area contributed by atoms with Crippen molar-refractivity contribution in [2.24, 2.45) is 0 Å². The van der Waals surface area contributed by atoms with E-state index in [0.717, 1.165) is 6.07 Å². The van der Waals surface area contributed by atoms with E-state index in [4.69, 9.17) is 11.6 Å². The number of amides is 2. The van der Waals surface area contributed by atoms with Crippen molar-refractivity contribution in [3.05, 3.63) is 87.8 Å². The van der Waals surface area contributed by atoms with Crippen molar-refractivity contribution in [3.63, 3.8) is 0 Å². The van der Waals surface area contributed by atoms with E-state index in [1.165, 1.54) is 35.8 Å². The van der Waals surface area contributed by atoms with Crippen molar-refractivity contribution in [2.75, 3.05) is 10.6 Å². The summed E-state index contributed by atoms with van der Waals surface area (Å²) in [5, 5.41) is 9.54. The van der Waals surface area contributed by atoms with Gasteiger partial charge in [-0.05, 0) is 61.4 Å². The van der Waals surface area contributed by atoms with Gasteiger partial charge >= 0.3 is 6.18 Å². The van der Waals surface area contributed by atoms with E-state index in [1.54, 1.807) is 31.2 Å². The first-order chi connectivity index (χ1) is 16.0. The SMILES string of the molecule is Cc1ccc(NC(=O)c2ccc(C)c(C(F)(F)F)c2)cc1NC(=O)c1cnc2ccc(Cl)nn12. The van der Waals surface area contributed by atoms with Gasteiger partial charge in [-0.2, -0.15) is 18.3 Å². The zero-order valence-electron chi connectivity index (χ0n) is 17.9. The fraction of sp³-hybridized carbons (Fsp3) is 0.130. The lowest BCUT2D eigenvalue weighted by Gasteiger charge is -2.13. The highest BCUT2D eigenvalue weighted by atomic mass is 35.5. The minimum absolute atomic E-state index is 0.0209. The third-order valence-electron chi connectivity index (χ3n) is 5.11. The Morgan fingerprint density at radius 2 is 1.68 bits per heavy atom.